The van der Waals surface area contributed by atoms with E-state index in [4.69, 9.17) is 4.74 Å². The Morgan fingerprint density at radius 3 is 2.41 bits per heavy atom. The standard InChI is InChI=1S/C21H16F3NO4/c22-21(23,24)28-16-9-5-4-6-14(16)10-11-17(26)25-18(15-7-2-1-3-8-15)20(12-13-20)29-19(25)27/h1-11,18H,12-13H2/b11-10+. The van der Waals surface area contributed by atoms with Crippen LogP contribution in [0, 0.1) is 0 Å². The molecule has 4 rings (SSSR count). The highest BCUT2D eigenvalue weighted by Gasteiger charge is 2.63. The van der Waals surface area contributed by atoms with Crippen LogP contribution in [0.3, 0.4) is 0 Å². The molecule has 5 nitrogen and oxygen atoms in total. The van der Waals surface area contributed by atoms with Crippen LogP contribution in [0.1, 0.15) is 30.0 Å². The van der Waals surface area contributed by atoms with Crippen LogP contribution in [-0.2, 0) is 9.53 Å². The van der Waals surface area contributed by atoms with E-state index in [-0.39, 0.29) is 5.56 Å². The third-order valence-electron chi connectivity index (χ3n) is 4.89. The second-order valence-electron chi connectivity index (χ2n) is 6.87. The van der Waals surface area contributed by atoms with Crippen LogP contribution in [0.15, 0.2) is 60.7 Å². The van der Waals surface area contributed by atoms with Crippen molar-refractivity contribution in [1.29, 1.82) is 0 Å². The van der Waals surface area contributed by atoms with Crippen LogP contribution in [0.25, 0.3) is 6.08 Å². The topological polar surface area (TPSA) is 55.8 Å². The average Bonchev–Trinajstić information content (AvgIpc) is 3.37. The molecule has 1 heterocycles. The number of para-hydroxylation sites is 1. The predicted molar refractivity (Wildman–Crippen MR) is 96.6 cm³/mol. The highest BCUT2D eigenvalue weighted by Crippen LogP contribution is 2.56. The molecular formula is C21H16F3NO4. The van der Waals surface area contributed by atoms with Gasteiger partial charge in [-0.25, -0.2) is 9.69 Å². The molecule has 2 amide bonds. The summed E-state index contributed by atoms with van der Waals surface area (Å²) in [5.74, 6) is -1.11. The molecule has 1 saturated heterocycles. The smallest absolute Gasteiger partial charge is 0.440 e. The van der Waals surface area contributed by atoms with E-state index in [1.807, 2.05) is 18.2 Å². The number of halogens is 3. The van der Waals surface area contributed by atoms with E-state index in [0.29, 0.717) is 12.8 Å². The van der Waals surface area contributed by atoms with Crippen LogP contribution in [0.4, 0.5) is 18.0 Å². The molecule has 1 aliphatic carbocycles. The Morgan fingerprint density at radius 1 is 1.10 bits per heavy atom. The summed E-state index contributed by atoms with van der Waals surface area (Å²) < 4.78 is 47.1. The van der Waals surface area contributed by atoms with Gasteiger partial charge in [-0.2, -0.15) is 0 Å². The maximum atomic E-state index is 12.8. The van der Waals surface area contributed by atoms with Gasteiger partial charge in [0.1, 0.15) is 17.4 Å². The molecule has 8 heteroatoms. The van der Waals surface area contributed by atoms with Crippen molar-refractivity contribution in [2.24, 2.45) is 0 Å². The van der Waals surface area contributed by atoms with Gasteiger partial charge in [0.2, 0.25) is 0 Å². The second kappa shape index (κ2) is 6.95. The minimum Gasteiger partial charge on any atom is -0.440 e. The van der Waals surface area contributed by atoms with Crippen molar-refractivity contribution in [3.63, 3.8) is 0 Å². The van der Waals surface area contributed by atoms with E-state index < -0.39 is 35.8 Å². The zero-order valence-corrected chi connectivity index (χ0v) is 15.1. The Hall–Kier alpha value is -3.29. The summed E-state index contributed by atoms with van der Waals surface area (Å²) >= 11 is 0. The molecular weight excluding hydrogens is 387 g/mol. The Morgan fingerprint density at radius 2 is 1.76 bits per heavy atom. The molecule has 2 aromatic rings. The molecule has 0 radical (unpaired) electrons. The summed E-state index contributed by atoms with van der Waals surface area (Å²) in [5.41, 5.74) is 0.0979. The molecule has 0 bridgehead atoms. The van der Waals surface area contributed by atoms with Crippen LogP contribution in [0.5, 0.6) is 5.75 Å². The molecule has 2 aromatic carbocycles. The molecule has 0 N–H and O–H groups in total. The number of hydrogen-bond donors (Lipinski definition) is 0. The maximum absolute atomic E-state index is 12.8. The third-order valence-corrected chi connectivity index (χ3v) is 4.89. The number of nitrogens with zero attached hydrogens (tertiary/aromatic N) is 1. The molecule has 150 valence electrons. The van der Waals surface area contributed by atoms with Gasteiger partial charge >= 0.3 is 12.5 Å². The summed E-state index contributed by atoms with van der Waals surface area (Å²) in [7, 11) is 0. The Labute approximate surface area is 164 Å². The Bertz CT molecular complexity index is 967. The maximum Gasteiger partial charge on any atom is 0.573 e. The van der Waals surface area contributed by atoms with Gasteiger partial charge in [-0.05, 0) is 30.5 Å². The first kappa shape index (κ1) is 19.0. The quantitative estimate of drug-likeness (QED) is 0.685. The van der Waals surface area contributed by atoms with Crippen molar-refractivity contribution in [3.8, 4) is 5.75 Å². The van der Waals surface area contributed by atoms with Crippen molar-refractivity contribution >= 4 is 18.1 Å². The summed E-state index contributed by atoms with van der Waals surface area (Å²) in [5, 5.41) is 0. The first-order valence-corrected chi connectivity index (χ1v) is 8.93. The summed E-state index contributed by atoms with van der Waals surface area (Å²) in [6, 6.07) is 13.9. The first-order chi connectivity index (χ1) is 13.8. The predicted octanol–water partition coefficient (Wildman–Crippen LogP) is 4.85. The number of imide groups is 1. The largest absolute Gasteiger partial charge is 0.573 e. The summed E-state index contributed by atoms with van der Waals surface area (Å²) in [6.45, 7) is 0. The number of hydrogen-bond acceptors (Lipinski definition) is 4. The lowest BCUT2D eigenvalue weighted by atomic mass is 9.99. The highest BCUT2D eigenvalue weighted by atomic mass is 19.4. The number of benzene rings is 2. The van der Waals surface area contributed by atoms with Gasteiger partial charge in [0.15, 0.2) is 0 Å². The molecule has 2 aliphatic rings. The van der Waals surface area contributed by atoms with E-state index in [2.05, 4.69) is 4.74 Å². The molecule has 2 fully saturated rings. The minimum atomic E-state index is -4.86. The van der Waals surface area contributed by atoms with E-state index in [9.17, 15) is 22.8 Å². The van der Waals surface area contributed by atoms with E-state index in [1.54, 1.807) is 12.1 Å². The van der Waals surface area contributed by atoms with Crippen molar-refractivity contribution < 1.29 is 32.2 Å². The number of carbonyl (C=O) groups excluding carboxylic acids is 2. The molecule has 1 aliphatic heterocycles. The minimum absolute atomic E-state index is 0.0585. The van der Waals surface area contributed by atoms with Gasteiger partial charge in [-0.1, -0.05) is 48.5 Å². The molecule has 0 aromatic heterocycles. The molecule has 1 spiro atoms. The lowest BCUT2D eigenvalue weighted by Crippen LogP contribution is -2.34. The van der Waals surface area contributed by atoms with E-state index in [0.717, 1.165) is 22.6 Å². The van der Waals surface area contributed by atoms with Crippen molar-refractivity contribution in [3.05, 3.63) is 71.8 Å². The first-order valence-electron chi connectivity index (χ1n) is 8.93. The lowest BCUT2D eigenvalue weighted by molar-refractivity contribution is -0.274. The van der Waals surface area contributed by atoms with Crippen molar-refractivity contribution in [1.82, 2.24) is 4.90 Å². The van der Waals surface area contributed by atoms with Crippen LogP contribution >= 0.6 is 0 Å². The summed E-state index contributed by atoms with van der Waals surface area (Å²) in [6.07, 6.45) is -2.08. The van der Waals surface area contributed by atoms with Gasteiger partial charge in [-0.15, -0.1) is 13.2 Å². The molecule has 1 unspecified atom stereocenters. The third kappa shape index (κ3) is 3.83. The number of carbonyl (C=O) groups is 2. The second-order valence-corrected chi connectivity index (χ2v) is 6.87. The van der Waals surface area contributed by atoms with Crippen molar-refractivity contribution in [2.75, 3.05) is 0 Å². The fourth-order valence-corrected chi connectivity index (χ4v) is 3.50. The molecule has 1 saturated carbocycles. The van der Waals surface area contributed by atoms with Crippen LogP contribution in [-0.4, -0.2) is 28.9 Å². The SMILES string of the molecule is O=C(/C=C/c1ccccc1OC(F)(F)F)N1C(=O)OC2(CC2)C1c1ccccc1. The van der Waals surface area contributed by atoms with Gasteiger partial charge in [0.05, 0.1) is 0 Å². The van der Waals surface area contributed by atoms with Crippen LogP contribution < -0.4 is 4.74 Å². The number of alkyl halides is 3. The van der Waals surface area contributed by atoms with E-state index in [1.165, 1.54) is 24.3 Å². The van der Waals surface area contributed by atoms with Gasteiger partial charge in [0.25, 0.3) is 5.91 Å². The fourth-order valence-electron chi connectivity index (χ4n) is 3.50. The summed E-state index contributed by atoms with van der Waals surface area (Å²) in [4.78, 5) is 26.2. The molecule has 29 heavy (non-hydrogen) atoms. The van der Waals surface area contributed by atoms with Gasteiger partial charge in [0, 0.05) is 11.6 Å². The number of amides is 2. The normalized spacial score (nSPS) is 20.2. The van der Waals surface area contributed by atoms with Gasteiger partial charge in [-0.3, -0.25) is 4.79 Å². The zero-order valence-electron chi connectivity index (χ0n) is 15.1. The highest BCUT2D eigenvalue weighted by molar-refractivity contribution is 6.02. The van der Waals surface area contributed by atoms with Crippen molar-refractivity contribution in [2.45, 2.75) is 30.8 Å². The average molecular weight is 403 g/mol. The number of rotatable bonds is 4. The Kier molecular flexibility index (Phi) is 4.56. The monoisotopic (exact) mass is 403 g/mol. The Balaban J connectivity index is 1.61. The fraction of sp³-hybridized carbons (Fsp3) is 0.238. The van der Waals surface area contributed by atoms with Crippen LogP contribution in [0.2, 0.25) is 0 Å². The lowest BCUT2D eigenvalue weighted by Gasteiger charge is -2.22. The molecule has 1 atom stereocenters. The number of ether oxygens (including phenoxy) is 2. The zero-order chi connectivity index (χ0) is 20.6. The van der Waals surface area contributed by atoms with Gasteiger partial charge < -0.3 is 9.47 Å². The van der Waals surface area contributed by atoms with E-state index >= 15 is 0 Å².